The van der Waals surface area contributed by atoms with Gasteiger partial charge in [-0.05, 0) is 46.9 Å². The highest BCUT2D eigenvalue weighted by molar-refractivity contribution is 6.02. The summed E-state index contributed by atoms with van der Waals surface area (Å²) in [5, 5.41) is 0. The molecule has 3 rings (SSSR count). The van der Waals surface area contributed by atoms with Crippen molar-refractivity contribution >= 4 is 23.5 Å². The Labute approximate surface area is 149 Å². The lowest BCUT2D eigenvalue weighted by molar-refractivity contribution is 0.100. The molecule has 2 aromatic rings. The summed E-state index contributed by atoms with van der Waals surface area (Å²) in [5.74, 6) is -1.35. The monoisotopic (exact) mass is 353 g/mol. The van der Waals surface area contributed by atoms with Crippen molar-refractivity contribution in [2.75, 3.05) is 0 Å². The van der Waals surface area contributed by atoms with E-state index in [4.69, 9.17) is 11.5 Å². The van der Waals surface area contributed by atoms with Crippen molar-refractivity contribution in [3.63, 3.8) is 0 Å². The molecule has 6 heteroatoms. The highest BCUT2D eigenvalue weighted by Gasteiger charge is 2.17. The van der Waals surface area contributed by atoms with Gasteiger partial charge in [0.15, 0.2) is 5.96 Å². The number of aliphatic imine (C=N–C) groups is 1. The molecule has 26 heavy (non-hydrogen) atoms. The summed E-state index contributed by atoms with van der Waals surface area (Å²) >= 11 is 0. The maximum atomic E-state index is 14.3. The molecule has 2 aromatic carbocycles. The Hall–Kier alpha value is -3.28. The number of benzene rings is 2. The largest absolute Gasteiger partial charge is 0.370 e. The first-order valence-corrected chi connectivity index (χ1v) is 7.97. The smallest absolute Gasteiger partial charge is 0.280 e. The minimum atomic E-state index is -0.760. The fourth-order valence-electron chi connectivity index (χ4n) is 2.98. The second-order valence-electron chi connectivity index (χ2n) is 5.89. The van der Waals surface area contributed by atoms with Crippen LogP contribution in [0.2, 0.25) is 0 Å². The average Bonchev–Trinajstić information content (AvgIpc) is 2.82. The van der Waals surface area contributed by atoms with Crippen LogP contribution in [0.25, 0.3) is 11.6 Å². The Balaban J connectivity index is 2.03. The van der Waals surface area contributed by atoms with E-state index in [-0.39, 0.29) is 11.5 Å². The number of allylic oxidation sites excluding steroid dienone is 3. The van der Waals surface area contributed by atoms with Crippen LogP contribution < -0.4 is 11.5 Å². The molecule has 1 aliphatic rings. The Morgan fingerprint density at radius 1 is 1.19 bits per heavy atom. The first-order chi connectivity index (χ1) is 12.5. The summed E-state index contributed by atoms with van der Waals surface area (Å²) < 4.78 is 27.7. The zero-order valence-corrected chi connectivity index (χ0v) is 13.9. The van der Waals surface area contributed by atoms with Gasteiger partial charge in [-0.3, -0.25) is 4.79 Å². The van der Waals surface area contributed by atoms with Gasteiger partial charge in [0.1, 0.15) is 12.5 Å². The van der Waals surface area contributed by atoms with Gasteiger partial charge in [-0.25, -0.2) is 8.78 Å². The zero-order chi connectivity index (χ0) is 18.7. The molecule has 0 spiro atoms. The van der Waals surface area contributed by atoms with Gasteiger partial charge in [0.05, 0.1) is 0 Å². The SMILES string of the molecule is NC(N)=NC(=O)c1ccc2c(c1)CC(c1c(F)cccc1CF)=CC=C2. The van der Waals surface area contributed by atoms with Crippen molar-refractivity contribution < 1.29 is 13.6 Å². The van der Waals surface area contributed by atoms with Crippen molar-refractivity contribution in [3.05, 3.63) is 82.2 Å². The fraction of sp³-hybridized carbons (Fsp3) is 0.100. The molecule has 0 atom stereocenters. The third kappa shape index (κ3) is 3.54. The second kappa shape index (κ2) is 7.31. The molecular weight excluding hydrogens is 336 g/mol. The topological polar surface area (TPSA) is 81.5 Å². The molecule has 0 saturated heterocycles. The van der Waals surface area contributed by atoms with Crippen LogP contribution in [0.15, 0.2) is 53.5 Å². The normalized spacial score (nSPS) is 12.8. The standard InChI is InChI=1S/C20H17F2N3O/c21-11-15-5-2-6-17(22)18(15)13-4-1-3-12-7-8-14(10-16(12)9-13)19(26)25-20(23)24/h1-8,10H,9,11H2,(H4,23,24,25,26). The van der Waals surface area contributed by atoms with E-state index in [1.54, 1.807) is 36.4 Å². The summed E-state index contributed by atoms with van der Waals surface area (Å²) in [6.45, 7) is -0.760. The van der Waals surface area contributed by atoms with Gasteiger partial charge in [0.2, 0.25) is 0 Å². The molecular formula is C20H17F2N3O. The fourth-order valence-corrected chi connectivity index (χ4v) is 2.98. The Morgan fingerprint density at radius 2 is 2.00 bits per heavy atom. The van der Waals surface area contributed by atoms with Gasteiger partial charge in [0, 0.05) is 11.1 Å². The van der Waals surface area contributed by atoms with Gasteiger partial charge in [0.25, 0.3) is 5.91 Å². The third-order valence-electron chi connectivity index (χ3n) is 4.14. The third-order valence-corrected chi connectivity index (χ3v) is 4.14. The first-order valence-electron chi connectivity index (χ1n) is 7.97. The second-order valence-corrected chi connectivity index (χ2v) is 5.89. The van der Waals surface area contributed by atoms with Gasteiger partial charge < -0.3 is 11.5 Å². The number of guanidine groups is 1. The Kier molecular flexibility index (Phi) is 4.93. The van der Waals surface area contributed by atoms with E-state index in [0.29, 0.717) is 23.1 Å². The van der Waals surface area contributed by atoms with E-state index < -0.39 is 18.4 Å². The summed E-state index contributed by atoms with van der Waals surface area (Å²) in [4.78, 5) is 15.6. The van der Waals surface area contributed by atoms with Crippen LogP contribution in [0.1, 0.15) is 32.6 Å². The Morgan fingerprint density at radius 3 is 2.73 bits per heavy atom. The van der Waals surface area contributed by atoms with E-state index in [1.165, 1.54) is 12.1 Å². The molecule has 4 N–H and O–H groups in total. The lowest BCUT2D eigenvalue weighted by Crippen LogP contribution is -2.24. The van der Waals surface area contributed by atoms with Crippen LogP contribution >= 0.6 is 0 Å². The van der Waals surface area contributed by atoms with Crippen LogP contribution in [0, 0.1) is 5.82 Å². The number of amides is 1. The predicted octanol–water partition coefficient (Wildman–Crippen LogP) is 3.36. The molecule has 132 valence electrons. The predicted molar refractivity (Wildman–Crippen MR) is 98.5 cm³/mol. The molecule has 0 saturated carbocycles. The molecule has 0 aliphatic heterocycles. The summed E-state index contributed by atoms with van der Waals surface area (Å²) in [7, 11) is 0. The van der Waals surface area contributed by atoms with Gasteiger partial charge in [-0.2, -0.15) is 4.99 Å². The first kappa shape index (κ1) is 17.5. The number of rotatable bonds is 3. The number of hydrogen-bond acceptors (Lipinski definition) is 1. The van der Waals surface area contributed by atoms with Crippen LogP contribution in [0.4, 0.5) is 8.78 Å². The number of nitrogens with two attached hydrogens (primary N) is 2. The highest BCUT2D eigenvalue weighted by atomic mass is 19.1. The molecule has 1 aliphatic carbocycles. The highest BCUT2D eigenvalue weighted by Crippen LogP contribution is 2.30. The van der Waals surface area contributed by atoms with Crippen molar-refractivity contribution in [2.24, 2.45) is 16.5 Å². The number of halogens is 2. The molecule has 0 aromatic heterocycles. The van der Waals surface area contributed by atoms with Crippen molar-refractivity contribution in [3.8, 4) is 0 Å². The maximum Gasteiger partial charge on any atom is 0.280 e. The molecule has 0 fully saturated rings. The lowest BCUT2D eigenvalue weighted by Gasteiger charge is -2.13. The zero-order valence-electron chi connectivity index (χ0n) is 13.9. The van der Waals surface area contributed by atoms with Crippen LogP contribution in [0.3, 0.4) is 0 Å². The molecule has 0 unspecified atom stereocenters. The molecule has 1 amide bonds. The number of hydrogen-bond donors (Lipinski definition) is 2. The van der Waals surface area contributed by atoms with Crippen molar-refractivity contribution in [1.29, 1.82) is 0 Å². The minimum Gasteiger partial charge on any atom is -0.370 e. The van der Waals surface area contributed by atoms with Crippen LogP contribution in [-0.2, 0) is 13.1 Å². The van der Waals surface area contributed by atoms with Gasteiger partial charge in [-0.15, -0.1) is 0 Å². The minimum absolute atomic E-state index is 0.258. The molecule has 0 radical (unpaired) electrons. The number of carbonyl (C=O) groups is 1. The number of nitrogens with zero attached hydrogens (tertiary/aromatic N) is 1. The van der Waals surface area contributed by atoms with Crippen LogP contribution in [0.5, 0.6) is 0 Å². The van der Waals surface area contributed by atoms with Crippen LogP contribution in [-0.4, -0.2) is 11.9 Å². The molecule has 4 nitrogen and oxygen atoms in total. The van der Waals surface area contributed by atoms with E-state index >= 15 is 0 Å². The number of fused-ring (bicyclic) bond motifs is 1. The van der Waals surface area contributed by atoms with Gasteiger partial charge in [-0.1, -0.05) is 36.4 Å². The summed E-state index contributed by atoms with van der Waals surface area (Å²) in [6, 6.07) is 9.43. The molecule has 0 bridgehead atoms. The lowest BCUT2D eigenvalue weighted by atomic mass is 9.92. The van der Waals surface area contributed by atoms with E-state index in [0.717, 1.165) is 11.1 Å². The van der Waals surface area contributed by atoms with Crippen molar-refractivity contribution in [1.82, 2.24) is 0 Å². The summed E-state index contributed by atoms with van der Waals surface area (Å²) in [5.41, 5.74) is 13.7. The van der Waals surface area contributed by atoms with Crippen molar-refractivity contribution in [2.45, 2.75) is 13.1 Å². The quantitative estimate of drug-likeness (QED) is 0.656. The van der Waals surface area contributed by atoms with Gasteiger partial charge >= 0.3 is 0 Å². The van der Waals surface area contributed by atoms with E-state index in [9.17, 15) is 13.6 Å². The number of alkyl halides is 1. The average molecular weight is 353 g/mol. The maximum absolute atomic E-state index is 14.3. The summed E-state index contributed by atoms with van der Waals surface area (Å²) in [6.07, 6.45) is 5.74. The van der Waals surface area contributed by atoms with E-state index in [2.05, 4.69) is 4.99 Å². The molecule has 0 heterocycles. The number of carbonyl (C=O) groups excluding carboxylic acids is 1. The van der Waals surface area contributed by atoms with E-state index in [1.807, 2.05) is 6.08 Å². The Bertz CT molecular complexity index is 958.